The molecule has 1 atom stereocenters. The van der Waals surface area contributed by atoms with Gasteiger partial charge in [-0.25, -0.2) is 4.39 Å². The first-order chi connectivity index (χ1) is 8.66. The van der Waals surface area contributed by atoms with E-state index >= 15 is 0 Å². The number of hydrogen-bond donors (Lipinski definition) is 1. The third kappa shape index (κ3) is 3.17. The summed E-state index contributed by atoms with van der Waals surface area (Å²) in [6.45, 7) is 4.95. The Bertz CT molecular complexity index is 522. The monoisotopic (exact) mass is 243 g/mol. The molecule has 1 nitrogen and oxygen atoms in total. The molecular formula is C16H18FN. The van der Waals surface area contributed by atoms with E-state index in [9.17, 15) is 4.39 Å². The summed E-state index contributed by atoms with van der Waals surface area (Å²) in [7, 11) is 0. The average molecular weight is 243 g/mol. The maximum absolute atomic E-state index is 13.1. The Morgan fingerprint density at radius 2 is 1.89 bits per heavy atom. The van der Waals surface area contributed by atoms with Gasteiger partial charge in [-0.3, -0.25) is 0 Å². The summed E-state index contributed by atoms with van der Waals surface area (Å²) >= 11 is 0. The van der Waals surface area contributed by atoms with Gasteiger partial charge in [0.2, 0.25) is 0 Å². The van der Waals surface area contributed by atoms with Gasteiger partial charge < -0.3 is 5.32 Å². The first-order valence-corrected chi connectivity index (χ1v) is 6.20. The van der Waals surface area contributed by atoms with Gasteiger partial charge in [0.25, 0.3) is 0 Å². The number of rotatable bonds is 4. The molecule has 0 spiro atoms. The highest BCUT2D eigenvalue weighted by atomic mass is 19.1. The van der Waals surface area contributed by atoms with Crippen molar-refractivity contribution in [1.82, 2.24) is 5.32 Å². The summed E-state index contributed by atoms with van der Waals surface area (Å²) in [5, 5.41) is 3.42. The maximum Gasteiger partial charge on any atom is 0.123 e. The van der Waals surface area contributed by atoms with Crippen LogP contribution in [0.2, 0.25) is 0 Å². The van der Waals surface area contributed by atoms with Crippen LogP contribution in [0, 0.1) is 12.7 Å². The molecule has 0 aliphatic heterocycles. The molecule has 0 fully saturated rings. The van der Waals surface area contributed by atoms with Crippen LogP contribution in [0.4, 0.5) is 4.39 Å². The molecule has 0 amide bonds. The second-order valence-electron chi connectivity index (χ2n) is 4.58. The second kappa shape index (κ2) is 5.78. The van der Waals surface area contributed by atoms with Gasteiger partial charge in [0.05, 0.1) is 0 Å². The van der Waals surface area contributed by atoms with E-state index in [-0.39, 0.29) is 11.9 Å². The smallest absolute Gasteiger partial charge is 0.123 e. The summed E-state index contributed by atoms with van der Waals surface area (Å²) in [4.78, 5) is 0. The lowest BCUT2D eigenvalue weighted by atomic mass is 10.1. The summed E-state index contributed by atoms with van der Waals surface area (Å²) in [6, 6.07) is 15.2. The largest absolute Gasteiger partial charge is 0.306 e. The number of halogens is 1. The third-order valence-corrected chi connectivity index (χ3v) is 3.21. The van der Waals surface area contributed by atoms with Crippen LogP contribution in [0.3, 0.4) is 0 Å². The Morgan fingerprint density at radius 1 is 1.11 bits per heavy atom. The molecule has 2 heteroatoms. The SMILES string of the molecule is Cc1ccccc1CNC(C)c1cccc(F)c1. The molecule has 0 saturated carbocycles. The molecule has 1 N–H and O–H groups in total. The molecule has 0 saturated heterocycles. The lowest BCUT2D eigenvalue weighted by molar-refractivity contribution is 0.564. The Morgan fingerprint density at radius 3 is 2.61 bits per heavy atom. The Balaban J connectivity index is 2.00. The fraction of sp³-hybridized carbons (Fsp3) is 0.250. The minimum absolute atomic E-state index is 0.139. The van der Waals surface area contributed by atoms with Crippen molar-refractivity contribution in [3.8, 4) is 0 Å². The number of benzene rings is 2. The molecule has 94 valence electrons. The summed E-state index contributed by atoms with van der Waals surface area (Å²) in [5.41, 5.74) is 3.53. The summed E-state index contributed by atoms with van der Waals surface area (Å²) < 4.78 is 13.1. The van der Waals surface area contributed by atoms with E-state index in [0.29, 0.717) is 0 Å². The van der Waals surface area contributed by atoms with E-state index in [2.05, 4.69) is 24.4 Å². The first kappa shape index (κ1) is 12.8. The van der Waals surface area contributed by atoms with Crippen molar-refractivity contribution in [2.24, 2.45) is 0 Å². The number of hydrogen-bond acceptors (Lipinski definition) is 1. The predicted molar refractivity (Wildman–Crippen MR) is 72.8 cm³/mol. The molecule has 1 unspecified atom stereocenters. The molecule has 0 aromatic heterocycles. The molecular weight excluding hydrogens is 225 g/mol. The highest BCUT2D eigenvalue weighted by Gasteiger charge is 2.06. The van der Waals surface area contributed by atoms with Crippen LogP contribution in [0.15, 0.2) is 48.5 Å². The van der Waals surface area contributed by atoms with Crippen molar-refractivity contribution in [2.45, 2.75) is 26.4 Å². The predicted octanol–water partition coefficient (Wildman–Crippen LogP) is 3.98. The van der Waals surface area contributed by atoms with Crippen LogP contribution in [-0.2, 0) is 6.54 Å². The van der Waals surface area contributed by atoms with E-state index in [4.69, 9.17) is 0 Å². The zero-order valence-corrected chi connectivity index (χ0v) is 10.8. The molecule has 18 heavy (non-hydrogen) atoms. The molecule has 0 aliphatic rings. The minimum atomic E-state index is -0.183. The van der Waals surface area contributed by atoms with E-state index < -0.39 is 0 Å². The topological polar surface area (TPSA) is 12.0 Å². The normalized spacial score (nSPS) is 12.4. The minimum Gasteiger partial charge on any atom is -0.306 e. The van der Waals surface area contributed by atoms with Crippen molar-refractivity contribution in [3.05, 3.63) is 71.0 Å². The van der Waals surface area contributed by atoms with Gasteiger partial charge in [0.15, 0.2) is 0 Å². The molecule has 0 radical (unpaired) electrons. The number of aryl methyl sites for hydroxylation is 1. The van der Waals surface area contributed by atoms with Crippen LogP contribution in [0.1, 0.15) is 29.7 Å². The summed E-state index contributed by atoms with van der Waals surface area (Å²) in [5.74, 6) is -0.183. The van der Waals surface area contributed by atoms with Gasteiger partial charge >= 0.3 is 0 Å². The quantitative estimate of drug-likeness (QED) is 0.856. The van der Waals surface area contributed by atoms with Crippen molar-refractivity contribution in [1.29, 1.82) is 0 Å². The Kier molecular flexibility index (Phi) is 4.11. The molecule has 0 bridgehead atoms. The van der Waals surface area contributed by atoms with Gasteiger partial charge in [0, 0.05) is 12.6 Å². The fourth-order valence-electron chi connectivity index (χ4n) is 1.97. The van der Waals surface area contributed by atoms with Gasteiger partial charge in [-0.05, 0) is 42.7 Å². The van der Waals surface area contributed by atoms with Gasteiger partial charge in [-0.15, -0.1) is 0 Å². The van der Waals surface area contributed by atoms with Crippen LogP contribution in [0.25, 0.3) is 0 Å². The maximum atomic E-state index is 13.1. The van der Waals surface area contributed by atoms with Crippen molar-refractivity contribution in [3.63, 3.8) is 0 Å². The number of nitrogens with one attached hydrogen (secondary N) is 1. The van der Waals surface area contributed by atoms with Crippen LogP contribution >= 0.6 is 0 Å². The standard InChI is InChI=1S/C16H18FN/c1-12-6-3-4-7-15(12)11-18-13(2)14-8-5-9-16(17)10-14/h3-10,13,18H,11H2,1-2H3. The van der Waals surface area contributed by atoms with E-state index in [0.717, 1.165) is 12.1 Å². The van der Waals surface area contributed by atoms with E-state index in [1.54, 1.807) is 12.1 Å². The van der Waals surface area contributed by atoms with Crippen molar-refractivity contribution < 1.29 is 4.39 Å². The van der Waals surface area contributed by atoms with E-state index in [1.807, 2.05) is 25.1 Å². The zero-order valence-electron chi connectivity index (χ0n) is 10.8. The van der Waals surface area contributed by atoms with Crippen LogP contribution in [0.5, 0.6) is 0 Å². The fourth-order valence-corrected chi connectivity index (χ4v) is 1.97. The second-order valence-corrected chi connectivity index (χ2v) is 4.58. The highest BCUT2D eigenvalue weighted by Crippen LogP contribution is 2.15. The van der Waals surface area contributed by atoms with Gasteiger partial charge in [0.1, 0.15) is 5.82 Å². The highest BCUT2D eigenvalue weighted by molar-refractivity contribution is 5.26. The van der Waals surface area contributed by atoms with Crippen LogP contribution in [-0.4, -0.2) is 0 Å². The first-order valence-electron chi connectivity index (χ1n) is 6.20. The van der Waals surface area contributed by atoms with Crippen molar-refractivity contribution >= 4 is 0 Å². The van der Waals surface area contributed by atoms with Crippen LogP contribution < -0.4 is 5.32 Å². The summed E-state index contributed by atoms with van der Waals surface area (Å²) in [6.07, 6.45) is 0. The zero-order chi connectivity index (χ0) is 13.0. The lowest BCUT2D eigenvalue weighted by Crippen LogP contribution is -2.18. The third-order valence-electron chi connectivity index (χ3n) is 3.21. The van der Waals surface area contributed by atoms with Crippen molar-refractivity contribution in [2.75, 3.05) is 0 Å². The average Bonchev–Trinajstić information content (AvgIpc) is 2.37. The molecule has 2 rings (SSSR count). The lowest BCUT2D eigenvalue weighted by Gasteiger charge is -2.15. The van der Waals surface area contributed by atoms with Gasteiger partial charge in [-0.1, -0.05) is 36.4 Å². The van der Waals surface area contributed by atoms with Gasteiger partial charge in [-0.2, -0.15) is 0 Å². The molecule has 0 aliphatic carbocycles. The molecule has 2 aromatic carbocycles. The molecule has 2 aromatic rings. The van der Waals surface area contributed by atoms with E-state index in [1.165, 1.54) is 17.2 Å². The Labute approximate surface area is 108 Å². The Hall–Kier alpha value is -1.67. The molecule has 0 heterocycles.